The lowest BCUT2D eigenvalue weighted by Gasteiger charge is -2.18. The summed E-state index contributed by atoms with van der Waals surface area (Å²) in [5.74, 6) is -1.19. The Morgan fingerprint density at radius 1 is 1.27 bits per heavy atom. The Bertz CT molecular complexity index is 314. The second-order valence-electron chi connectivity index (χ2n) is 4.18. The van der Waals surface area contributed by atoms with Crippen LogP contribution in [-0.4, -0.2) is 12.1 Å². The largest absolute Gasteiger partial charge is 0.375 e. The van der Waals surface area contributed by atoms with E-state index in [1.807, 2.05) is 0 Å². The van der Waals surface area contributed by atoms with Gasteiger partial charge in [-0.3, -0.25) is 0 Å². The molecule has 0 radical (unpaired) electrons. The highest BCUT2D eigenvalue weighted by Gasteiger charge is 2.13. The molecular formula is C11H15F2NO. The maximum Gasteiger partial charge on any atom is 0.131 e. The van der Waals surface area contributed by atoms with Crippen molar-refractivity contribution < 1.29 is 13.5 Å². The smallest absolute Gasteiger partial charge is 0.131 e. The van der Waals surface area contributed by atoms with Crippen LogP contribution in [-0.2, 0) is 11.3 Å². The molecule has 4 heteroatoms. The van der Waals surface area contributed by atoms with Gasteiger partial charge < -0.3 is 10.5 Å². The molecule has 0 fully saturated rings. The second kappa shape index (κ2) is 4.68. The Kier molecular flexibility index (Phi) is 3.77. The third-order valence-electron chi connectivity index (χ3n) is 1.78. The van der Waals surface area contributed by atoms with E-state index in [0.717, 1.165) is 0 Å². The molecule has 1 aromatic rings. The SMILES string of the molecule is CC(C)(N)COCc1c(F)cccc1F. The fourth-order valence-electron chi connectivity index (χ4n) is 1.09. The highest BCUT2D eigenvalue weighted by Crippen LogP contribution is 2.13. The molecule has 0 saturated heterocycles. The van der Waals surface area contributed by atoms with Crippen LogP contribution in [0.2, 0.25) is 0 Å². The zero-order valence-electron chi connectivity index (χ0n) is 8.89. The molecule has 0 aliphatic rings. The molecule has 0 unspecified atom stereocenters. The van der Waals surface area contributed by atoms with Crippen molar-refractivity contribution in [3.05, 3.63) is 35.4 Å². The number of rotatable bonds is 4. The van der Waals surface area contributed by atoms with E-state index in [9.17, 15) is 8.78 Å². The number of hydrogen-bond donors (Lipinski definition) is 1. The van der Waals surface area contributed by atoms with E-state index in [0.29, 0.717) is 0 Å². The minimum Gasteiger partial charge on any atom is -0.375 e. The monoisotopic (exact) mass is 215 g/mol. The second-order valence-corrected chi connectivity index (χ2v) is 4.18. The summed E-state index contributed by atoms with van der Waals surface area (Å²) in [6.07, 6.45) is 0. The molecular weight excluding hydrogens is 200 g/mol. The lowest BCUT2D eigenvalue weighted by atomic mass is 10.1. The molecule has 1 aromatic carbocycles. The molecule has 0 atom stereocenters. The average Bonchev–Trinajstić information content (AvgIpc) is 2.08. The van der Waals surface area contributed by atoms with Gasteiger partial charge in [-0.15, -0.1) is 0 Å². The fourth-order valence-corrected chi connectivity index (χ4v) is 1.09. The highest BCUT2D eigenvalue weighted by atomic mass is 19.1. The molecule has 0 aliphatic carbocycles. The molecule has 15 heavy (non-hydrogen) atoms. The Balaban J connectivity index is 2.58. The van der Waals surface area contributed by atoms with Gasteiger partial charge in [0.2, 0.25) is 0 Å². The summed E-state index contributed by atoms with van der Waals surface area (Å²) in [6, 6.07) is 3.73. The van der Waals surface area contributed by atoms with Gasteiger partial charge in [-0.2, -0.15) is 0 Å². The molecule has 0 aromatic heterocycles. The first-order valence-corrected chi connectivity index (χ1v) is 4.70. The molecule has 0 bridgehead atoms. The van der Waals surface area contributed by atoms with Crippen LogP contribution in [0.3, 0.4) is 0 Å². The minimum atomic E-state index is -0.593. The first kappa shape index (κ1) is 12.1. The van der Waals surface area contributed by atoms with Gasteiger partial charge in [-0.05, 0) is 26.0 Å². The van der Waals surface area contributed by atoms with E-state index in [1.165, 1.54) is 18.2 Å². The van der Waals surface area contributed by atoms with Crippen LogP contribution >= 0.6 is 0 Å². The van der Waals surface area contributed by atoms with Gasteiger partial charge in [-0.1, -0.05) is 6.07 Å². The zero-order chi connectivity index (χ0) is 11.5. The van der Waals surface area contributed by atoms with Gasteiger partial charge in [0, 0.05) is 11.1 Å². The summed E-state index contributed by atoms with van der Waals surface area (Å²) in [5, 5.41) is 0. The third kappa shape index (κ3) is 3.93. The van der Waals surface area contributed by atoms with Crippen molar-refractivity contribution in [1.29, 1.82) is 0 Å². The van der Waals surface area contributed by atoms with Crippen molar-refractivity contribution >= 4 is 0 Å². The molecule has 1 rings (SSSR count). The first-order valence-electron chi connectivity index (χ1n) is 4.70. The summed E-state index contributed by atoms with van der Waals surface area (Å²) < 4.78 is 31.4. The normalized spacial score (nSPS) is 11.8. The van der Waals surface area contributed by atoms with E-state index in [2.05, 4.69) is 0 Å². The molecule has 2 N–H and O–H groups in total. The van der Waals surface area contributed by atoms with Crippen LogP contribution in [0, 0.1) is 11.6 Å². The van der Waals surface area contributed by atoms with E-state index in [4.69, 9.17) is 10.5 Å². The first-order chi connectivity index (χ1) is 6.90. The minimum absolute atomic E-state index is 0.0539. The Labute approximate surface area is 88.0 Å². The number of nitrogens with two attached hydrogens (primary N) is 1. The number of benzene rings is 1. The van der Waals surface area contributed by atoms with Crippen LogP contribution < -0.4 is 5.73 Å². The maximum absolute atomic E-state index is 13.1. The van der Waals surface area contributed by atoms with Gasteiger partial charge >= 0.3 is 0 Å². The van der Waals surface area contributed by atoms with Crippen molar-refractivity contribution in [3.8, 4) is 0 Å². The van der Waals surface area contributed by atoms with E-state index in [-0.39, 0.29) is 18.8 Å². The topological polar surface area (TPSA) is 35.2 Å². The molecule has 84 valence electrons. The number of ether oxygens (including phenoxy) is 1. The van der Waals surface area contributed by atoms with Crippen LogP contribution in [0.15, 0.2) is 18.2 Å². The van der Waals surface area contributed by atoms with Gasteiger partial charge in [0.1, 0.15) is 11.6 Å². The van der Waals surface area contributed by atoms with Gasteiger partial charge in [-0.25, -0.2) is 8.78 Å². The predicted octanol–water partition coefficient (Wildman–Crippen LogP) is 2.22. The van der Waals surface area contributed by atoms with Crippen molar-refractivity contribution in [3.63, 3.8) is 0 Å². The van der Waals surface area contributed by atoms with Crippen molar-refractivity contribution in [2.24, 2.45) is 5.73 Å². The van der Waals surface area contributed by atoms with E-state index >= 15 is 0 Å². The van der Waals surface area contributed by atoms with Crippen LogP contribution in [0.4, 0.5) is 8.78 Å². The lowest BCUT2D eigenvalue weighted by molar-refractivity contribution is 0.0812. The van der Waals surface area contributed by atoms with Crippen LogP contribution in [0.25, 0.3) is 0 Å². The molecule has 0 amide bonds. The van der Waals surface area contributed by atoms with Crippen molar-refractivity contribution in [2.75, 3.05) is 6.61 Å². The van der Waals surface area contributed by atoms with Gasteiger partial charge in [0.05, 0.1) is 13.2 Å². The summed E-state index contributed by atoms with van der Waals surface area (Å²) in [5.41, 5.74) is 5.11. The third-order valence-corrected chi connectivity index (χ3v) is 1.78. The molecule has 2 nitrogen and oxygen atoms in total. The molecule has 0 aliphatic heterocycles. The van der Waals surface area contributed by atoms with Crippen molar-refractivity contribution in [1.82, 2.24) is 0 Å². The molecule has 0 heterocycles. The molecule has 0 saturated carbocycles. The standard InChI is InChI=1S/C11H15F2NO/c1-11(2,14)7-15-6-8-9(12)4-3-5-10(8)13/h3-5H,6-7,14H2,1-2H3. The fraction of sp³-hybridized carbons (Fsp3) is 0.455. The summed E-state index contributed by atoms with van der Waals surface area (Å²) in [7, 11) is 0. The maximum atomic E-state index is 13.1. The van der Waals surface area contributed by atoms with E-state index < -0.39 is 17.2 Å². The van der Waals surface area contributed by atoms with Gasteiger partial charge in [0.25, 0.3) is 0 Å². The Morgan fingerprint density at radius 3 is 2.27 bits per heavy atom. The lowest BCUT2D eigenvalue weighted by Crippen LogP contribution is -2.37. The van der Waals surface area contributed by atoms with Crippen molar-refractivity contribution in [2.45, 2.75) is 26.0 Å². The Hall–Kier alpha value is -1.00. The summed E-state index contributed by atoms with van der Waals surface area (Å²) in [6.45, 7) is 3.72. The molecule has 0 spiro atoms. The van der Waals surface area contributed by atoms with Gasteiger partial charge in [0.15, 0.2) is 0 Å². The van der Waals surface area contributed by atoms with Crippen LogP contribution in [0.1, 0.15) is 19.4 Å². The van der Waals surface area contributed by atoms with E-state index in [1.54, 1.807) is 13.8 Å². The summed E-state index contributed by atoms with van der Waals surface area (Å²) >= 11 is 0. The number of halogens is 2. The quantitative estimate of drug-likeness (QED) is 0.835. The Morgan fingerprint density at radius 2 is 1.80 bits per heavy atom. The zero-order valence-corrected chi connectivity index (χ0v) is 8.89. The number of hydrogen-bond acceptors (Lipinski definition) is 2. The average molecular weight is 215 g/mol. The summed E-state index contributed by atoms with van der Waals surface area (Å²) in [4.78, 5) is 0. The predicted molar refractivity (Wildman–Crippen MR) is 54.3 cm³/mol. The van der Waals surface area contributed by atoms with Crippen LogP contribution in [0.5, 0.6) is 0 Å². The highest BCUT2D eigenvalue weighted by molar-refractivity contribution is 5.18.